The molecule has 0 saturated heterocycles. The van der Waals surface area contributed by atoms with Crippen molar-refractivity contribution in [1.29, 1.82) is 0 Å². The molecule has 10 heavy (non-hydrogen) atoms. The van der Waals surface area contributed by atoms with Crippen LogP contribution in [0.2, 0.25) is 0 Å². The van der Waals surface area contributed by atoms with Crippen LogP contribution in [0.1, 0.15) is 13.3 Å². The third-order valence-corrected chi connectivity index (χ3v) is 1.11. The maximum atomic E-state index is 10.6. The number of amides is 1. The average Bonchev–Trinajstić information content (AvgIpc) is 1.85. The molecule has 3 nitrogen and oxygen atoms in total. The highest BCUT2D eigenvalue weighted by Gasteiger charge is 2.00. The first kappa shape index (κ1) is 9.72. The first-order chi connectivity index (χ1) is 4.66. The highest BCUT2D eigenvalue weighted by Crippen LogP contribution is 1.84. The number of nitrogens with one attached hydrogen (secondary N) is 1. The standard InChI is InChI=1S/C6H12ClNO2/c1-5(9)4-8-6(10)2-3-7/h5,9H,2-4H2,1H3,(H,8,10)/t5-/m1/s1. The third kappa shape index (κ3) is 5.85. The van der Waals surface area contributed by atoms with E-state index in [0.717, 1.165) is 0 Å². The Balaban J connectivity index is 3.22. The average molecular weight is 166 g/mol. The molecule has 2 N–H and O–H groups in total. The van der Waals surface area contributed by atoms with E-state index in [2.05, 4.69) is 5.32 Å². The molecule has 0 aromatic carbocycles. The van der Waals surface area contributed by atoms with Crippen LogP contribution < -0.4 is 5.32 Å². The number of rotatable bonds is 4. The van der Waals surface area contributed by atoms with Crippen molar-refractivity contribution >= 4 is 17.5 Å². The van der Waals surface area contributed by atoms with E-state index in [0.29, 0.717) is 18.8 Å². The molecule has 4 heteroatoms. The van der Waals surface area contributed by atoms with Crippen molar-refractivity contribution in [3.05, 3.63) is 0 Å². The number of hydrogen-bond acceptors (Lipinski definition) is 2. The lowest BCUT2D eigenvalue weighted by Crippen LogP contribution is -2.30. The van der Waals surface area contributed by atoms with Gasteiger partial charge in [-0.05, 0) is 6.92 Å². The quantitative estimate of drug-likeness (QED) is 0.581. The van der Waals surface area contributed by atoms with Crippen molar-refractivity contribution in [3.8, 4) is 0 Å². The van der Waals surface area contributed by atoms with Crippen LogP contribution >= 0.6 is 11.6 Å². The Bertz CT molecular complexity index is 106. The van der Waals surface area contributed by atoms with Crippen molar-refractivity contribution in [3.63, 3.8) is 0 Å². The van der Waals surface area contributed by atoms with Gasteiger partial charge in [-0.3, -0.25) is 4.79 Å². The van der Waals surface area contributed by atoms with Crippen molar-refractivity contribution in [1.82, 2.24) is 5.32 Å². The van der Waals surface area contributed by atoms with Gasteiger partial charge >= 0.3 is 0 Å². The van der Waals surface area contributed by atoms with Crippen LogP contribution in [0, 0.1) is 0 Å². The minimum absolute atomic E-state index is 0.115. The topological polar surface area (TPSA) is 49.3 Å². The molecule has 0 unspecified atom stereocenters. The second-order valence-corrected chi connectivity index (χ2v) is 2.47. The summed E-state index contributed by atoms with van der Waals surface area (Å²) in [4.78, 5) is 10.6. The van der Waals surface area contributed by atoms with E-state index < -0.39 is 6.10 Å². The summed E-state index contributed by atoms with van der Waals surface area (Å²) in [7, 11) is 0. The van der Waals surface area contributed by atoms with Crippen molar-refractivity contribution in [2.24, 2.45) is 0 Å². The van der Waals surface area contributed by atoms with Gasteiger partial charge < -0.3 is 10.4 Å². The predicted octanol–water partition coefficient (Wildman–Crippen LogP) is 0.112. The number of halogens is 1. The van der Waals surface area contributed by atoms with Gasteiger partial charge in [0.15, 0.2) is 0 Å². The number of alkyl halides is 1. The summed E-state index contributed by atoms with van der Waals surface area (Å²) >= 11 is 5.29. The van der Waals surface area contributed by atoms with Crippen LogP contribution in [-0.2, 0) is 4.79 Å². The molecule has 0 bridgehead atoms. The lowest BCUT2D eigenvalue weighted by atomic mass is 10.4. The first-order valence-corrected chi connectivity index (χ1v) is 3.71. The summed E-state index contributed by atoms with van der Waals surface area (Å²) in [6, 6.07) is 0. The fourth-order valence-corrected chi connectivity index (χ4v) is 0.607. The number of aliphatic hydroxyl groups excluding tert-OH is 1. The fraction of sp³-hybridized carbons (Fsp3) is 0.833. The van der Waals surface area contributed by atoms with Gasteiger partial charge in [-0.2, -0.15) is 0 Å². The molecule has 0 spiro atoms. The molecule has 0 aromatic heterocycles. The smallest absolute Gasteiger partial charge is 0.221 e. The second kappa shape index (κ2) is 5.50. The molecule has 0 heterocycles. The molecule has 0 fully saturated rings. The SMILES string of the molecule is C[C@@H](O)CNC(=O)CCCl. The number of hydrogen-bond donors (Lipinski definition) is 2. The first-order valence-electron chi connectivity index (χ1n) is 3.17. The Morgan fingerprint density at radius 2 is 2.40 bits per heavy atom. The van der Waals surface area contributed by atoms with E-state index in [1.807, 2.05) is 0 Å². The second-order valence-electron chi connectivity index (χ2n) is 2.09. The number of aliphatic hydroxyl groups is 1. The van der Waals surface area contributed by atoms with Crippen LogP contribution in [0.5, 0.6) is 0 Å². The van der Waals surface area contributed by atoms with Gasteiger partial charge in [-0.1, -0.05) is 0 Å². The lowest BCUT2D eigenvalue weighted by molar-refractivity contribution is -0.121. The maximum absolute atomic E-state index is 10.6. The molecule has 0 saturated carbocycles. The molecule has 0 aromatic rings. The van der Waals surface area contributed by atoms with Crippen molar-refractivity contribution in [2.75, 3.05) is 12.4 Å². The van der Waals surface area contributed by atoms with E-state index in [-0.39, 0.29) is 5.91 Å². The Morgan fingerprint density at radius 3 is 2.80 bits per heavy atom. The van der Waals surface area contributed by atoms with Gasteiger partial charge in [-0.25, -0.2) is 0 Å². The summed E-state index contributed by atoms with van der Waals surface area (Å²) in [5.41, 5.74) is 0. The van der Waals surface area contributed by atoms with Gasteiger partial charge in [0.2, 0.25) is 5.91 Å². The Hall–Kier alpha value is -0.280. The molecule has 60 valence electrons. The monoisotopic (exact) mass is 165 g/mol. The maximum Gasteiger partial charge on any atom is 0.221 e. The summed E-state index contributed by atoms with van der Waals surface area (Å²) < 4.78 is 0. The minimum atomic E-state index is -0.487. The van der Waals surface area contributed by atoms with Gasteiger partial charge in [0.25, 0.3) is 0 Å². The fourth-order valence-electron chi connectivity index (χ4n) is 0.436. The molecule has 0 rings (SSSR count). The van der Waals surface area contributed by atoms with E-state index in [1.165, 1.54) is 0 Å². The summed E-state index contributed by atoms with van der Waals surface area (Å²) in [5.74, 6) is 0.210. The number of carbonyl (C=O) groups is 1. The third-order valence-electron chi connectivity index (χ3n) is 0.916. The Kier molecular flexibility index (Phi) is 5.35. The van der Waals surface area contributed by atoms with E-state index >= 15 is 0 Å². The van der Waals surface area contributed by atoms with E-state index in [9.17, 15) is 4.79 Å². The normalized spacial score (nSPS) is 12.7. The Morgan fingerprint density at radius 1 is 1.80 bits per heavy atom. The molecule has 0 aliphatic carbocycles. The molecular weight excluding hydrogens is 154 g/mol. The molecule has 1 atom stereocenters. The van der Waals surface area contributed by atoms with Crippen LogP contribution in [-0.4, -0.2) is 29.5 Å². The molecule has 0 aliphatic rings. The van der Waals surface area contributed by atoms with E-state index in [4.69, 9.17) is 16.7 Å². The van der Waals surface area contributed by atoms with Crippen LogP contribution in [0.25, 0.3) is 0 Å². The zero-order chi connectivity index (χ0) is 7.98. The molecular formula is C6H12ClNO2. The van der Waals surface area contributed by atoms with Crippen LogP contribution in [0.15, 0.2) is 0 Å². The van der Waals surface area contributed by atoms with E-state index in [1.54, 1.807) is 6.92 Å². The van der Waals surface area contributed by atoms with Crippen LogP contribution in [0.3, 0.4) is 0 Å². The summed E-state index contributed by atoms with van der Waals surface area (Å²) in [5, 5.41) is 11.2. The summed E-state index contributed by atoms with van der Waals surface area (Å²) in [6.07, 6.45) is -0.173. The van der Waals surface area contributed by atoms with Gasteiger partial charge in [0.1, 0.15) is 0 Å². The highest BCUT2D eigenvalue weighted by atomic mass is 35.5. The van der Waals surface area contributed by atoms with Gasteiger partial charge in [-0.15, -0.1) is 11.6 Å². The summed E-state index contributed by atoms with van der Waals surface area (Å²) in [6.45, 7) is 1.91. The van der Waals surface area contributed by atoms with Gasteiger partial charge in [0, 0.05) is 18.8 Å². The molecule has 0 aliphatic heterocycles. The zero-order valence-electron chi connectivity index (χ0n) is 5.93. The lowest BCUT2D eigenvalue weighted by Gasteiger charge is -2.04. The van der Waals surface area contributed by atoms with Crippen molar-refractivity contribution in [2.45, 2.75) is 19.4 Å². The predicted molar refractivity (Wildman–Crippen MR) is 40.0 cm³/mol. The van der Waals surface area contributed by atoms with Gasteiger partial charge in [0.05, 0.1) is 6.10 Å². The molecule has 1 amide bonds. The largest absolute Gasteiger partial charge is 0.392 e. The number of carbonyl (C=O) groups excluding carboxylic acids is 1. The molecule has 0 radical (unpaired) electrons. The minimum Gasteiger partial charge on any atom is -0.392 e. The zero-order valence-corrected chi connectivity index (χ0v) is 6.69. The van der Waals surface area contributed by atoms with Crippen molar-refractivity contribution < 1.29 is 9.90 Å². The van der Waals surface area contributed by atoms with Crippen LogP contribution in [0.4, 0.5) is 0 Å². The highest BCUT2D eigenvalue weighted by molar-refractivity contribution is 6.18. The Labute approximate surface area is 65.4 Å².